The number of nitrogens with zero attached hydrogens (tertiary/aromatic N) is 5. The minimum atomic E-state index is -3.83. The molecule has 5 heterocycles. The maximum Gasteiger partial charge on any atom is 0.358 e. The van der Waals surface area contributed by atoms with Gasteiger partial charge in [0.2, 0.25) is 11.8 Å². The van der Waals surface area contributed by atoms with Crippen LogP contribution in [0, 0.1) is 25.2 Å². The van der Waals surface area contributed by atoms with E-state index in [-0.39, 0.29) is 30.7 Å². The summed E-state index contributed by atoms with van der Waals surface area (Å²) in [6.07, 6.45) is 0.0898. The number of aromatic nitrogens is 3. The van der Waals surface area contributed by atoms with Gasteiger partial charge in [-0.15, -0.1) is 11.3 Å². The minimum absolute atomic E-state index is 0.0531. The van der Waals surface area contributed by atoms with Crippen LogP contribution >= 0.6 is 22.7 Å². The Kier molecular flexibility index (Phi) is 17.8. The molecule has 1 saturated heterocycles. The van der Waals surface area contributed by atoms with E-state index in [0.29, 0.717) is 78.6 Å². The number of halogens is 2. The largest absolute Gasteiger partial charge is 0.490 e. The third kappa shape index (κ3) is 13.8. The molecule has 2 aliphatic heterocycles. The number of aryl methyl sites for hydroxylation is 1. The zero-order valence-electron chi connectivity index (χ0n) is 50.0. The number of carbonyl (C=O) groups excluding carboxylic acids is 5. The molecule has 4 N–H and O–H groups in total. The molecular weight excluding hydrogens is 1130 g/mol. The average molecular weight is 1210 g/mol. The fourth-order valence-corrected chi connectivity index (χ4v) is 13.5. The number of benzene rings is 4. The lowest BCUT2D eigenvalue weighted by Gasteiger charge is -2.36. The summed E-state index contributed by atoms with van der Waals surface area (Å²) in [4.78, 5) is 88.1. The van der Waals surface area contributed by atoms with Gasteiger partial charge in [-0.1, -0.05) is 92.8 Å². The first-order valence-electron chi connectivity index (χ1n) is 29.3. The fourth-order valence-electron chi connectivity index (χ4n) is 11.8. The molecule has 0 spiro atoms. The number of amides is 4. The van der Waals surface area contributed by atoms with E-state index in [9.17, 15) is 29.1 Å². The lowest BCUT2D eigenvalue weighted by atomic mass is 9.82. The van der Waals surface area contributed by atoms with Crippen molar-refractivity contribution in [3.8, 4) is 27.3 Å². The maximum absolute atomic E-state index is 16.2. The van der Waals surface area contributed by atoms with Gasteiger partial charge >= 0.3 is 11.9 Å². The molecular formula is C66H74F2N8O8S2. The number of aliphatic hydroxyl groups excluding tert-OH is 1. The van der Waals surface area contributed by atoms with E-state index in [1.165, 1.54) is 27.6 Å². The highest BCUT2D eigenvalue weighted by molar-refractivity contribution is 7.22. The highest BCUT2D eigenvalue weighted by Gasteiger charge is 2.49. The summed E-state index contributed by atoms with van der Waals surface area (Å²) in [7, 11) is 0. The molecule has 20 heteroatoms. The monoisotopic (exact) mass is 1210 g/mol. The van der Waals surface area contributed by atoms with Crippen LogP contribution in [0.4, 0.5) is 19.7 Å². The number of aliphatic hydroxyl groups is 1. The summed E-state index contributed by atoms with van der Waals surface area (Å²) in [5, 5.41) is 19.6. The number of thiazole rings is 2. The lowest BCUT2D eigenvalue weighted by molar-refractivity contribution is -0.154. The second-order valence-corrected chi connectivity index (χ2v) is 26.9. The van der Waals surface area contributed by atoms with Gasteiger partial charge in [0, 0.05) is 43.6 Å². The second-order valence-electron chi connectivity index (χ2n) is 25.0. The number of ether oxygens (including phenoxy) is 2. The first-order chi connectivity index (χ1) is 40.8. The molecule has 0 radical (unpaired) electrons. The summed E-state index contributed by atoms with van der Waals surface area (Å²) in [6.45, 7) is 16.8. The Morgan fingerprint density at radius 2 is 1.57 bits per heavy atom. The molecule has 4 atom stereocenters. The SMILES string of the molecule is Cc1ncsc1-c1ccc([C@H](C)NC(=O)[C@@H]2C[C@@H](O)CN2C(=O)[C@@H](NC(=O)C(F)(F)CC2CCC(Oc3cccc(-c4ccc(N5CCc6cccc(C(=O)Nc7nc8ccccc8s7)c6C5)nc4C(=O)OC(C)(C)C)c3C)CC2)C(C)(C)C)cc1. The third-order valence-corrected chi connectivity index (χ3v) is 18.3. The van der Waals surface area contributed by atoms with Crippen molar-refractivity contribution in [3.63, 3.8) is 0 Å². The number of fused-ring (bicyclic) bond motifs is 2. The van der Waals surface area contributed by atoms with Crippen LogP contribution in [-0.2, 0) is 32.1 Å². The van der Waals surface area contributed by atoms with Crippen molar-refractivity contribution in [2.75, 3.05) is 23.3 Å². The number of β-amino-alcohol motifs (C(OH)–C–C–N with tert-alkyl or cyclic N) is 1. The number of rotatable bonds is 16. The van der Waals surface area contributed by atoms with Crippen molar-refractivity contribution in [1.82, 2.24) is 30.5 Å². The number of alkyl halides is 2. The number of anilines is 2. The van der Waals surface area contributed by atoms with Crippen molar-refractivity contribution >= 4 is 73.4 Å². The second kappa shape index (κ2) is 25.0. The molecule has 3 aliphatic rings. The normalized spacial score (nSPS) is 18.9. The van der Waals surface area contributed by atoms with Crippen LogP contribution in [0.15, 0.2) is 103 Å². The molecule has 4 amide bonds. The Morgan fingerprint density at radius 1 is 0.837 bits per heavy atom. The highest BCUT2D eigenvalue weighted by Crippen LogP contribution is 2.40. The van der Waals surface area contributed by atoms with E-state index >= 15 is 8.78 Å². The minimum Gasteiger partial charge on any atom is -0.490 e. The number of esters is 1. The van der Waals surface area contributed by atoms with E-state index < -0.39 is 77.2 Å². The summed E-state index contributed by atoms with van der Waals surface area (Å²) in [5.74, 6) is -6.93. The Morgan fingerprint density at radius 3 is 2.27 bits per heavy atom. The molecule has 7 aromatic rings. The predicted molar refractivity (Wildman–Crippen MR) is 331 cm³/mol. The quantitative estimate of drug-likeness (QED) is 0.0667. The van der Waals surface area contributed by atoms with Gasteiger partial charge in [0.05, 0.1) is 44.5 Å². The Labute approximate surface area is 508 Å². The molecule has 2 fully saturated rings. The molecule has 16 nitrogen and oxygen atoms in total. The molecule has 86 heavy (non-hydrogen) atoms. The third-order valence-electron chi connectivity index (χ3n) is 16.4. The van der Waals surface area contributed by atoms with Crippen LogP contribution in [0.3, 0.4) is 0 Å². The number of carbonyl (C=O) groups is 5. The van der Waals surface area contributed by atoms with Crippen LogP contribution < -0.4 is 25.6 Å². The zero-order chi connectivity index (χ0) is 61.4. The molecule has 4 aromatic carbocycles. The number of likely N-dealkylation sites (tertiary alicyclic amines) is 1. The number of nitrogens with one attached hydrogen (secondary N) is 3. The van der Waals surface area contributed by atoms with E-state index in [1.54, 1.807) is 47.1 Å². The molecule has 0 bridgehead atoms. The summed E-state index contributed by atoms with van der Waals surface area (Å²) in [5.41, 5.74) is 7.99. The summed E-state index contributed by atoms with van der Waals surface area (Å²) >= 11 is 2.95. The standard InChI is InChI=1S/C66H74F2N8O8S2/c1-37-46(47-28-29-54(72-55(47)61(81)84-65(7,8)9)75-31-30-42-14-12-16-48(49(42)35-75)58(78)74-63-71-50-17-10-11-19-53(50)86-63)15-13-18-52(37)83-45-26-20-40(21-27-45)33-66(67,68)62(82)73-57(64(4,5)6)60(80)76-34-44(77)32-51(76)59(79)70-38(2)41-22-24-43(25-23-41)56-39(3)69-36-85-56/h10-19,22-25,28-29,36,38,40,44-45,51,57,77H,20-21,26-27,30-35H2,1-9H3,(H,70,79)(H,73,82)(H,71,74,78)/t38-,40?,44+,45?,51-,57+/m0/s1. The van der Waals surface area contributed by atoms with E-state index in [0.717, 1.165) is 48.6 Å². The van der Waals surface area contributed by atoms with E-state index in [1.807, 2.05) is 118 Å². The Hall–Kier alpha value is -7.68. The van der Waals surface area contributed by atoms with Crippen molar-refractivity contribution in [1.29, 1.82) is 0 Å². The molecule has 1 aliphatic carbocycles. The van der Waals surface area contributed by atoms with Crippen molar-refractivity contribution in [3.05, 3.63) is 142 Å². The maximum atomic E-state index is 16.2. The Bertz CT molecular complexity index is 3650. The van der Waals surface area contributed by atoms with Gasteiger partial charge in [0.1, 0.15) is 29.3 Å². The molecule has 452 valence electrons. The van der Waals surface area contributed by atoms with Crippen molar-refractivity contribution in [2.45, 2.75) is 156 Å². The zero-order valence-corrected chi connectivity index (χ0v) is 51.6. The fraction of sp³-hybridized carbons (Fsp3) is 0.424. The topological polar surface area (TPSA) is 205 Å². The molecule has 0 unspecified atom stereocenters. The molecule has 1 saturated carbocycles. The van der Waals surface area contributed by atoms with Gasteiger partial charge in [-0.25, -0.2) is 19.7 Å². The van der Waals surface area contributed by atoms with Crippen molar-refractivity contribution in [2.24, 2.45) is 11.3 Å². The van der Waals surface area contributed by atoms with Crippen LogP contribution in [0.1, 0.15) is 142 Å². The number of hydrogen-bond acceptors (Lipinski definition) is 14. The Balaban J connectivity index is 0.770. The molecule has 10 rings (SSSR count). The van der Waals surface area contributed by atoms with Crippen molar-refractivity contribution < 1.29 is 47.3 Å². The highest BCUT2D eigenvalue weighted by atomic mass is 32.1. The first kappa shape index (κ1) is 61.4. The van der Waals surface area contributed by atoms with Gasteiger partial charge in [0.25, 0.3) is 11.8 Å². The first-order valence-corrected chi connectivity index (χ1v) is 31.0. The number of para-hydroxylation sites is 1. The summed E-state index contributed by atoms with van der Waals surface area (Å²) < 4.78 is 45.9. The number of hydrogen-bond donors (Lipinski definition) is 4. The van der Waals surface area contributed by atoms with Crippen LogP contribution in [-0.4, -0.2) is 103 Å². The van der Waals surface area contributed by atoms with Crippen LogP contribution in [0.2, 0.25) is 0 Å². The van der Waals surface area contributed by atoms with Crippen LogP contribution in [0.25, 0.3) is 31.8 Å². The average Bonchev–Trinajstić information content (AvgIpc) is 2.68. The molecule has 3 aromatic heterocycles. The van der Waals surface area contributed by atoms with Gasteiger partial charge in [0.15, 0.2) is 10.8 Å². The smallest absolute Gasteiger partial charge is 0.358 e. The van der Waals surface area contributed by atoms with Gasteiger partial charge < -0.3 is 35.0 Å². The summed E-state index contributed by atoms with van der Waals surface area (Å²) in [6, 6.07) is 27.5. The van der Waals surface area contributed by atoms with E-state index in [2.05, 4.69) is 30.8 Å². The van der Waals surface area contributed by atoms with Crippen LogP contribution in [0.5, 0.6) is 5.75 Å². The van der Waals surface area contributed by atoms with Gasteiger partial charge in [-0.05, 0) is 155 Å². The lowest BCUT2D eigenvalue weighted by Crippen LogP contribution is -2.60. The van der Waals surface area contributed by atoms with Gasteiger partial charge in [-0.2, -0.15) is 8.78 Å². The van der Waals surface area contributed by atoms with E-state index in [4.69, 9.17) is 14.5 Å². The predicted octanol–water partition coefficient (Wildman–Crippen LogP) is 12.2. The van der Waals surface area contributed by atoms with Gasteiger partial charge in [-0.3, -0.25) is 24.5 Å². The number of pyridine rings is 1.